The van der Waals surface area contributed by atoms with E-state index in [4.69, 9.17) is 16.1 Å². The highest BCUT2D eigenvalue weighted by atomic mass is 79.9. The van der Waals surface area contributed by atoms with Crippen molar-refractivity contribution in [2.24, 2.45) is 0 Å². The van der Waals surface area contributed by atoms with Gasteiger partial charge in [0.05, 0.1) is 6.54 Å². The quantitative estimate of drug-likeness (QED) is 0.551. The first-order valence-corrected chi connectivity index (χ1v) is 9.52. The maximum absolute atomic E-state index is 14.1. The van der Waals surface area contributed by atoms with Crippen molar-refractivity contribution in [2.75, 3.05) is 0 Å². The predicted molar refractivity (Wildman–Crippen MR) is 101 cm³/mol. The third-order valence-corrected chi connectivity index (χ3v) is 5.38. The van der Waals surface area contributed by atoms with Crippen molar-refractivity contribution >= 4 is 33.4 Å². The highest BCUT2D eigenvalue weighted by molar-refractivity contribution is 9.10. The second-order valence-electron chi connectivity index (χ2n) is 6.24. The first-order chi connectivity index (χ1) is 13.0. The zero-order valence-electron chi connectivity index (χ0n) is 14.0. The van der Waals surface area contributed by atoms with Crippen LogP contribution in [0.1, 0.15) is 30.3 Å². The molecule has 1 fully saturated rings. The number of amides is 1. The number of aromatic nitrogens is 2. The van der Waals surface area contributed by atoms with Crippen LogP contribution in [0.3, 0.4) is 0 Å². The first-order valence-electron chi connectivity index (χ1n) is 8.35. The Morgan fingerprint density at radius 1 is 1.30 bits per heavy atom. The molecule has 0 N–H and O–H groups in total. The Bertz CT molecular complexity index is 990. The van der Waals surface area contributed by atoms with E-state index in [9.17, 15) is 9.18 Å². The number of hydrogen-bond acceptors (Lipinski definition) is 4. The number of likely N-dealkylation sites (tertiary alicyclic amines) is 1. The van der Waals surface area contributed by atoms with Gasteiger partial charge in [-0.3, -0.25) is 4.79 Å². The van der Waals surface area contributed by atoms with Gasteiger partial charge in [0.2, 0.25) is 17.6 Å². The predicted octanol–water partition coefficient (Wildman–Crippen LogP) is 5.16. The molecular formula is C19H14BrClFN3O2. The normalized spacial score (nSPS) is 16.9. The van der Waals surface area contributed by atoms with E-state index in [2.05, 4.69) is 26.1 Å². The van der Waals surface area contributed by atoms with Crippen LogP contribution in [0.15, 0.2) is 51.5 Å². The summed E-state index contributed by atoms with van der Waals surface area (Å²) in [6.07, 6.45) is 0.871. The summed E-state index contributed by atoms with van der Waals surface area (Å²) in [5.41, 5.74) is 1.08. The van der Waals surface area contributed by atoms with Crippen LogP contribution in [-0.2, 0) is 11.3 Å². The molecule has 2 aromatic carbocycles. The summed E-state index contributed by atoms with van der Waals surface area (Å²) >= 11 is 9.53. The molecule has 1 unspecified atom stereocenters. The SMILES string of the molecule is O=C1CCC(c2nc(-c3cccc(Br)c3)no2)N1Cc1c(F)cccc1Cl. The molecule has 8 heteroatoms. The number of carbonyl (C=O) groups is 1. The van der Waals surface area contributed by atoms with Gasteiger partial charge in [-0.05, 0) is 30.7 Å². The van der Waals surface area contributed by atoms with Gasteiger partial charge in [-0.2, -0.15) is 4.98 Å². The Hall–Kier alpha value is -2.25. The second-order valence-corrected chi connectivity index (χ2v) is 7.57. The van der Waals surface area contributed by atoms with Gasteiger partial charge in [0.15, 0.2) is 0 Å². The van der Waals surface area contributed by atoms with Crippen molar-refractivity contribution in [2.45, 2.75) is 25.4 Å². The van der Waals surface area contributed by atoms with Crippen LogP contribution in [0.25, 0.3) is 11.4 Å². The summed E-state index contributed by atoms with van der Waals surface area (Å²) in [5.74, 6) is 0.237. The van der Waals surface area contributed by atoms with E-state index >= 15 is 0 Å². The number of halogens is 3. The number of benzene rings is 2. The van der Waals surface area contributed by atoms with Gasteiger partial charge in [-0.15, -0.1) is 0 Å². The third-order valence-electron chi connectivity index (χ3n) is 4.53. The average molecular weight is 451 g/mol. The topological polar surface area (TPSA) is 59.2 Å². The van der Waals surface area contributed by atoms with E-state index in [0.29, 0.717) is 24.6 Å². The Kier molecular flexibility index (Phi) is 4.97. The van der Waals surface area contributed by atoms with Crippen LogP contribution in [0.4, 0.5) is 4.39 Å². The fraction of sp³-hybridized carbons (Fsp3) is 0.211. The summed E-state index contributed by atoms with van der Waals surface area (Å²) in [4.78, 5) is 18.4. The first kappa shape index (κ1) is 18.1. The second kappa shape index (κ2) is 7.40. The Morgan fingerprint density at radius 3 is 2.89 bits per heavy atom. The molecule has 0 radical (unpaired) electrons. The van der Waals surface area contributed by atoms with Gasteiger partial charge >= 0.3 is 0 Å². The van der Waals surface area contributed by atoms with Crippen LogP contribution in [-0.4, -0.2) is 20.9 Å². The van der Waals surface area contributed by atoms with Crippen LogP contribution >= 0.6 is 27.5 Å². The van der Waals surface area contributed by atoms with E-state index in [1.165, 1.54) is 12.1 Å². The van der Waals surface area contributed by atoms with Crippen molar-refractivity contribution in [3.63, 3.8) is 0 Å². The molecule has 0 aliphatic carbocycles. The fourth-order valence-corrected chi connectivity index (χ4v) is 3.78. The van der Waals surface area contributed by atoms with Crippen LogP contribution in [0.5, 0.6) is 0 Å². The van der Waals surface area contributed by atoms with E-state index < -0.39 is 11.9 Å². The van der Waals surface area contributed by atoms with Crippen molar-refractivity contribution in [1.82, 2.24) is 15.0 Å². The minimum absolute atomic E-state index is 0.0591. The number of carbonyl (C=O) groups excluding carboxylic acids is 1. The largest absolute Gasteiger partial charge is 0.337 e. The molecule has 0 spiro atoms. The lowest BCUT2D eigenvalue weighted by atomic mass is 10.1. The van der Waals surface area contributed by atoms with Crippen molar-refractivity contribution in [3.8, 4) is 11.4 Å². The van der Waals surface area contributed by atoms with Crippen molar-refractivity contribution < 1.29 is 13.7 Å². The molecule has 1 aliphatic rings. The van der Waals surface area contributed by atoms with Crippen molar-refractivity contribution in [1.29, 1.82) is 0 Å². The summed E-state index contributed by atoms with van der Waals surface area (Å²) in [6.45, 7) is 0.0591. The molecular weight excluding hydrogens is 437 g/mol. The fourth-order valence-electron chi connectivity index (χ4n) is 3.16. The molecule has 0 saturated carbocycles. The highest BCUT2D eigenvalue weighted by Crippen LogP contribution is 2.35. The lowest BCUT2D eigenvalue weighted by molar-refractivity contribution is -0.130. The lowest BCUT2D eigenvalue weighted by Gasteiger charge is -2.22. The van der Waals surface area contributed by atoms with Crippen LogP contribution in [0, 0.1) is 5.82 Å². The Balaban J connectivity index is 1.62. The van der Waals surface area contributed by atoms with Gasteiger partial charge < -0.3 is 9.42 Å². The number of rotatable bonds is 4. The van der Waals surface area contributed by atoms with Gasteiger partial charge in [0.1, 0.15) is 11.9 Å². The molecule has 4 rings (SSSR count). The molecule has 1 aliphatic heterocycles. The molecule has 2 heterocycles. The molecule has 1 amide bonds. The summed E-state index contributed by atoms with van der Waals surface area (Å²) in [7, 11) is 0. The minimum Gasteiger partial charge on any atom is -0.337 e. The van der Waals surface area contributed by atoms with E-state index in [1.54, 1.807) is 11.0 Å². The van der Waals surface area contributed by atoms with Crippen LogP contribution in [0.2, 0.25) is 5.02 Å². The van der Waals surface area contributed by atoms with Gasteiger partial charge in [0, 0.05) is 27.0 Å². The third kappa shape index (κ3) is 3.61. The van der Waals surface area contributed by atoms with Crippen LogP contribution < -0.4 is 0 Å². The number of nitrogens with zero attached hydrogens (tertiary/aromatic N) is 3. The molecule has 0 bridgehead atoms. The molecule has 5 nitrogen and oxygen atoms in total. The van der Waals surface area contributed by atoms with E-state index in [1.807, 2.05) is 24.3 Å². The van der Waals surface area contributed by atoms with E-state index in [-0.39, 0.29) is 23.0 Å². The van der Waals surface area contributed by atoms with Gasteiger partial charge in [0.25, 0.3) is 0 Å². The monoisotopic (exact) mass is 449 g/mol. The molecule has 1 aromatic heterocycles. The number of hydrogen-bond donors (Lipinski definition) is 0. The average Bonchev–Trinajstić information content (AvgIpc) is 3.25. The lowest BCUT2D eigenvalue weighted by Crippen LogP contribution is -2.28. The molecule has 1 saturated heterocycles. The maximum atomic E-state index is 14.1. The summed E-state index contributed by atoms with van der Waals surface area (Å²) < 4.78 is 20.5. The smallest absolute Gasteiger partial charge is 0.249 e. The molecule has 3 aromatic rings. The van der Waals surface area contributed by atoms with Crippen molar-refractivity contribution in [3.05, 3.63) is 69.2 Å². The zero-order chi connectivity index (χ0) is 19.0. The molecule has 138 valence electrons. The molecule has 27 heavy (non-hydrogen) atoms. The maximum Gasteiger partial charge on any atom is 0.249 e. The van der Waals surface area contributed by atoms with Gasteiger partial charge in [-0.25, -0.2) is 4.39 Å². The Labute approximate surface area is 168 Å². The summed E-state index contributed by atoms with van der Waals surface area (Å²) in [5, 5.41) is 4.31. The summed E-state index contributed by atoms with van der Waals surface area (Å²) in [6, 6.07) is 11.6. The van der Waals surface area contributed by atoms with E-state index in [0.717, 1.165) is 10.0 Å². The zero-order valence-corrected chi connectivity index (χ0v) is 16.4. The Morgan fingerprint density at radius 2 is 2.11 bits per heavy atom. The van der Waals surface area contributed by atoms with Gasteiger partial charge in [-0.1, -0.05) is 50.9 Å². The highest BCUT2D eigenvalue weighted by Gasteiger charge is 2.36. The molecule has 1 atom stereocenters. The minimum atomic E-state index is -0.443. The standard InChI is InChI=1S/C19H14BrClFN3O2/c20-12-4-1-3-11(9-12)18-23-19(27-24-18)16-7-8-17(26)25(16)10-13-14(21)5-2-6-15(13)22/h1-6,9,16H,7-8,10H2.